The van der Waals surface area contributed by atoms with E-state index in [1.165, 1.54) is 0 Å². The van der Waals surface area contributed by atoms with Gasteiger partial charge in [0.2, 0.25) is 0 Å². The first kappa shape index (κ1) is 18.2. The minimum atomic E-state index is -2.84. The van der Waals surface area contributed by atoms with Gasteiger partial charge in [-0.15, -0.1) is 0 Å². The highest BCUT2D eigenvalue weighted by atomic mass is 31.2. The van der Waals surface area contributed by atoms with Crippen LogP contribution in [-0.2, 0) is 20.7 Å². The zero-order valence-corrected chi connectivity index (χ0v) is 14.7. The van der Waals surface area contributed by atoms with Gasteiger partial charge in [-0.1, -0.05) is 48.5 Å². The monoisotopic (exact) mass is 347 g/mol. The first-order valence-corrected chi connectivity index (χ1v) is 10.0. The van der Waals surface area contributed by atoms with Crippen molar-refractivity contribution in [1.29, 1.82) is 0 Å². The van der Waals surface area contributed by atoms with Gasteiger partial charge in [-0.05, 0) is 24.6 Å². The third-order valence-corrected chi connectivity index (χ3v) is 4.82. The van der Waals surface area contributed by atoms with Gasteiger partial charge >= 0.3 is 5.97 Å². The van der Waals surface area contributed by atoms with Crippen LogP contribution < -0.4 is 9.82 Å². The number of nitrogens with one attached hydrogen (secondary N) is 1. The lowest BCUT2D eigenvalue weighted by Gasteiger charge is -2.20. The maximum Gasteiger partial charge on any atom is 0.323 e. The Balaban J connectivity index is 1.79. The van der Waals surface area contributed by atoms with Crippen LogP contribution in [0.2, 0.25) is 0 Å². The molecule has 2 aromatic carbocycles. The normalized spacial score (nSPS) is 14.4. The number of benzene rings is 2. The molecule has 2 aromatic rings. The molecule has 0 aliphatic carbocycles. The third kappa shape index (κ3) is 6.19. The number of para-hydroxylation sites is 1. The molecular weight excluding hydrogens is 325 g/mol. The molecule has 24 heavy (non-hydrogen) atoms. The van der Waals surface area contributed by atoms with Gasteiger partial charge in [0.15, 0.2) is 13.6 Å². The summed E-state index contributed by atoms with van der Waals surface area (Å²) in [6, 6.07) is 17.9. The predicted molar refractivity (Wildman–Crippen MR) is 94.3 cm³/mol. The molecule has 1 N–H and O–H groups in total. The highest BCUT2D eigenvalue weighted by molar-refractivity contribution is 7.60. The smallest absolute Gasteiger partial charge is 0.323 e. The second kappa shape index (κ2) is 8.67. The van der Waals surface area contributed by atoms with Crippen molar-refractivity contribution in [3.05, 3.63) is 66.2 Å². The van der Waals surface area contributed by atoms with E-state index >= 15 is 0 Å². The van der Waals surface area contributed by atoms with E-state index in [0.717, 1.165) is 5.56 Å². The molecule has 0 aliphatic heterocycles. The second-order valence-corrected chi connectivity index (χ2v) is 8.35. The minimum absolute atomic E-state index is 0.00726. The number of hydrogen-bond acceptors (Lipinski definition) is 4. The fraction of sp³-hybridized carbons (Fsp3) is 0.278. The molecule has 0 fully saturated rings. The first-order valence-electron chi connectivity index (χ1n) is 7.69. The average molecular weight is 347 g/mol. The van der Waals surface area contributed by atoms with Crippen molar-refractivity contribution >= 4 is 13.3 Å². The van der Waals surface area contributed by atoms with E-state index in [2.05, 4.69) is 5.09 Å². The summed E-state index contributed by atoms with van der Waals surface area (Å²) in [5, 5.41) is 2.82. The van der Waals surface area contributed by atoms with Crippen LogP contribution in [0.5, 0.6) is 5.75 Å². The topological polar surface area (TPSA) is 64.6 Å². The summed E-state index contributed by atoms with van der Waals surface area (Å²) in [5.74, 6) is 0.196. The Morgan fingerprint density at radius 1 is 1.08 bits per heavy atom. The molecule has 0 spiro atoms. The van der Waals surface area contributed by atoms with Crippen LogP contribution in [0.4, 0.5) is 0 Å². The Morgan fingerprint density at radius 2 is 1.67 bits per heavy atom. The standard InChI is InChI=1S/C18H22NO4P/c1-15(18(20)22-13-16-9-5-3-6-10-16)19-24(2,21)14-23-17-11-7-4-8-12-17/h3-12,15H,13-14H2,1-2H3,(H,19,21). The summed E-state index contributed by atoms with van der Waals surface area (Å²) in [7, 11) is -2.84. The van der Waals surface area contributed by atoms with Crippen LogP contribution in [0.25, 0.3) is 0 Å². The van der Waals surface area contributed by atoms with Gasteiger partial charge in [0.1, 0.15) is 18.4 Å². The van der Waals surface area contributed by atoms with Gasteiger partial charge < -0.3 is 14.0 Å². The number of esters is 1. The highest BCUT2D eigenvalue weighted by Gasteiger charge is 2.24. The fourth-order valence-electron chi connectivity index (χ4n) is 2.07. The predicted octanol–water partition coefficient (Wildman–Crippen LogP) is 3.65. The molecule has 0 bridgehead atoms. The van der Waals surface area contributed by atoms with Crippen LogP contribution in [0, 0.1) is 0 Å². The molecule has 2 atom stereocenters. The van der Waals surface area contributed by atoms with Crippen molar-refractivity contribution < 1.29 is 18.8 Å². The van der Waals surface area contributed by atoms with Gasteiger partial charge in [-0.3, -0.25) is 9.88 Å². The summed E-state index contributed by atoms with van der Waals surface area (Å²) in [6.07, 6.45) is 0.00726. The molecule has 2 unspecified atom stereocenters. The van der Waals surface area contributed by atoms with Crippen LogP contribution in [0.15, 0.2) is 60.7 Å². The van der Waals surface area contributed by atoms with Gasteiger partial charge in [0.25, 0.3) is 0 Å². The van der Waals surface area contributed by atoms with E-state index in [9.17, 15) is 9.36 Å². The van der Waals surface area contributed by atoms with E-state index in [4.69, 9.17) is 9.47 Å². The van der Waals surface area contributed by atoms with E-state index in [-0.39, 0.29) is 13.0 Å². The van der Waals surface area contributed by atoms with Crippen LogP contribution in [0.1, 0.15) is 12.5 Å². The minimum Gasteiger partial charge on any atom is -0.485 e. The molecule has 0 amide bonds. The summed E-state index contributed by atoms with van der Waals surface area (Å²) in [6.45, 7) is 3.38. The van der Waals surface area contributed by atoms with Crippen molar-refractivity contribution in [2.24, 2.45) is 0 Å². The molecule has 128 valence electrons. The lowest BCUT2D eigenvalue weighted by molar-refractivity contribution is -0.146. The molecule has 2 rings (SSSR count). The first-order chi connectivity index (χ1) is 11.5. The van der Waals surface area contributed by atoms with Crippen molar-refractivity contribution in [2.75, 3.05) is 13.0 Å². The lowest BCUT2D eigenvalue weighted by Crippen LogP contribution is -2.34. The van der Waals surface area contributed by atoms with Crippen LogP contribution in [-0.4, -0.2) is 25.0 Å². The fourth-order valence-corrected chi connectivity index (χ4v) is 3.46. The van der Waals surface area contributed by atoms with Crippen LogP contribution >= 0.6 is 7.29 Å². The molecule has 0 aliphatic rings. The van der Waals surface area contributed by atoms with Gasteiger partial charge in [0, 0.05) is 6.66 Å². The maximum atomic E-state index is 12.5. The third-order valence-electron chi connectivity index (χ3n) is 3.26. The van der Waals surface area contributed by atoms with E-state index in [0.29, 0.717) is 5.75 Å². The Kier molecular flexibility index (Phi) is 6.59. The molecule has 5 nitrogen and oxygen atoms in total. The number of ether oxygens (including phenoxy) is 2. The Hall–Kier alpha value is -2.10. The molecular formula is C18H22NO4P. The number of rotatable bonds is 8. The Morgan fingerprint density at radius 3 is 2.29 bits per heavy atom. The zero-order chi connectivity index (χ0) is 17.4. The summed E-state index contributed by atoms with van der Waals surface area (Å²) in [4.78, 5) is 12.0. The Bertz CT molecular complexity index is 691. The lowest BCUT2D eigenvalue weighted by atomic mass is 10.2. The second-order valence-electron chi connectivity index (χ2n) is 5.63. The molecule has 0 saturated carbocycles. The average Bonchev–Trinajstić information content (AvgIpc) is 2.59. The van der Waals surface area contributed by atoms with Gasteiger partial charge in [0.05, 0.1) is 0 Å². The quantitative estimate of drug-likeness (QED) is 0.583. The highest BCUT2D eigenvalue weighted by Crippen LogP contribution is 2.37. The van der Waals surface area contributed by atoms with Crippen molar-refractivity contribution in [3.63, 3.8) is 0 Å². The van der Waals surface area contributed by atoms with Crippen molar-refractivity contribution in [3.8, 4) is 5.75 Å². The van der Waals surface area contributed by atoms with E-state index < -0.39 is 19.3 Å². The molecule has 0 heterocycles. The molecule has 6 heteroatoms. The summed E-state index contributed by atoms with van der Waals surface area (Å²) < 4.78 is 23.3. The van der Waals surface area contributed by atoms with Crippen molar-refractivity contribution in [2.45, 2.75) is 19.6 Å². The molecule has 0 radical (unpaired) electrons. The largest absolute Gasteiger partial charge is 0.485 e. The molecule has 0 aromatic heterocycles. The number of hydrogen-bond donors (Lipinski definition) is 1. The number of carbonyl (C=O) groups is 1. The molecule has 0 saturated heterocycles. The van der Waals surface area contributed by atoms with E-state index in [1.807, 2.05) is 48.5 Å². The summed E-state index contributed by atoms with van der Waals surface area (Å²) in [5.41, 5.74) is 0.908. The van der Waals surface area contributed by atoms with Gasteiger partial charge in [-0.25, -0.2) is 0 Å². The van der Waals surface area contributed by atoms with Crippen molar-refractivity contribution in [1.82, 2.24) is 5.09 Å². The Labute approximate surface area is 142 Å². The van der Waals surface area contributed by atoms with Crippen LogP contribution in [0.3, 0.4) is 0 Å². The summed E-state index contributed by atoms with van der Waals surface area (Å²) >= 11 is 0. The maximum absolute atomic E-state index is 12.5. The number of carbonyl (C=O) groups excluding carboxylic acids is 1. The van der Waals surface area contributed by atoms with Gasteiger partial charge in [-0.2, -0.15) is 0 Å². The zero-order valence-electron chi connectivity index (χ0n) is 13.8. The van der Waals surface area contributed by atoms with E-state index in [1.54, 1.807) is 25.7 Å². The SMILES string of the molecule is CC(NP(C)(=O)COc1ccccc1)C(=O)OCc1ccccc1.